The molecule has 0 atom stereocenters. The van der Waals surface area contributed by atoms with Crippen LogP contribution in [0, 0.1) is 0 Å². The highest BCUT2D eigenvalue weighted by atomic mass is 32.3. The first-order valence-corrected chi connectivity index (χ1v) is 18.0. The van der Waals surface area contributed by atoms with Gasteiger partial charge >= 0.3 is 11.9 Å². The van der Waals surface area contributed by atoms with Crippen LogP contribution in [0.25, 0.3) is 0 Å². The summed E-state index contributed by atoms with van der Waals surface area (Å²) in [6.07, 6.45) is 6.37. The minimum Gasteiger partial charge on any atom is -0.462 e. The van der Waals surface area contributed by atoms with Crippen molar-refractivity contribution in [1.29, 1.82) is 0 Å². The van der Waals surface area contributed by atoms with E-state index in [1.807, 2.05) is 34.0 Å². The van der Waals surface area contributed by atoms with Gasteiger partial charge in [-0.3, -0.25) is 8.37 Å². The van der Waals surface area contributed by atoms with Crippen molar-refractivity contribution in [3.63, 3.8) is 0 Å². The van der Waals surface area contributed by atoms with Gasteiger partial charge in [0.05, 0.1) is 37.6 Å². The van der Waals surface area contributed by atoms with E-state index in [4.69, 9.17) is 17.8 Å². The number of benzene rings is 2. The van der Waals surface area contributed by atoms with E-state index in [1.54, 1.807) is 48.5 Å². The van der Waals surface area contributed by atoms with Gasteiger partial charge in [-0.2, -0.15) is 25.5 Å². The zero-order valence-electron chi connectivity index (χ0n) is 27.6. The quantitative estimate of drug-likeness (QED) is 0.0775. The fraction of sp³-hybridized carbons (Fsp3) is 0.485. The Hall–Kier alpha value is -3.94. The van der Waals surface area contributed by atoms with E-state index >= 15 is 0 Å². The molecule has 3 N–H and O–H groups in total. The monoisotopic (exact) mass is 656 g/mol. The molecule has 0 saturated heterocycles. The van der Waals surface area contributed by atoms with Crippen molar-refractivity contribution < 1.29 is 27.4 Å². The summed E-state index contributed by atoms with van der Waals surface area (Å²) < 4.78 is 22.4. The van der Waals surface area contributed by atoms with Crippen molar-refractivity contribution in [1.82, 2.24) is 15.0 Å². The molecule has 0 radical (unpaired) electrons. The van der Waals surface area contributed by atoms with Crippen LogP contribution in [-0.4, -0.2) is 71.9 Å². The van der Waals surface area contributed by atoms with Crippen molar-refractivity contribution in [2.75, 3.05) is 60.9 Å². The number of unbranched alkanes of at least 4 members (excludes halogenated alkanes) is 2. The number of carbonyl (C=O) groups is 2. The number of nitrogens with zero attached hydrogens (tertiary/aromatic N) is 3. The first-order valence-electron chi connectivity index (χ1n) is 15.9. The Labute approximate surface area is 274 Å². The van der Waals surface area contributed by atoms with E-state index in [2.05, 4.69) is 30.9 Å². The molecule has 2 aromatic carbocycles. The summed E-state index contributed by atoms with van der Waals surface area (Å²) in [5.74, 6) is 1.03. The first-order chi connectivity index (χ1) is 22.3. The molecule has 0 aliphatic carbocycles. The SMILES string of the molecule is CCCCOC(=O)c1ccc(Nc2nc(NCCCS(C)(OCC)OCC)nc(Nc3ccc(C(=O)OCCCC)cc3)n2)cc1. The van der Waals surface area contributed by atoms with Crippen molar-refractivity contribution in [3.05, 3.63) is 59.7 Å². The highest BCUT2D eigenvalue weighted by Crippen LogP contribution is 2.46. The van der Waals surface area contributed by atoms with Crippen molar-refractivity contribution in [2.24, 2.45) is 0 Å². The molecule has 0 aliphatic heterocycles. The molecule has 0 aliphatic rings. The van der Waals surface area contributed by atoms with Crippen LogP contribution in [-0.2, 0) is 17.8 Å². The lowest BCUT2D eigenvalue weighted by atomic mass is 10.2. The molecule has 252 valence electrons. The standard InChI is InChI=1S/C33H48N6O6S/c1-6-10-22-42-29(40)25-13-17-27(18-14-25)35-32-37-31(34-21-12-24-46(5,44-8-3)45-9-4)38-33(39-32)36-28-19-15-26(16-20-28)30(41)43-23-11-7-2/h13-20H,6-12,21-24H2,1-5H3,(H3,34,35,36,37,38,39). The molecule has 0 bridgehead atoms. The van der Waals surface area contributed by atoms with Crippen LogP contribution >= 0.6 is 10.6 Å². The van der Waals surface area contributed by atoms with Crippen LogP contribution in [0.5, 0.6) is 0 Å². The highest BCUT2D eigenvalue weighted by molar-refractivity contribution is 8.25. The Morgan fingerprint density at radius 1 is 0.652 bits per heavy atom. The minimum absolute atomic E-state index is 0.300. The summed E-state index contributed by atoms with van der Waals surface area (Å²) in [4.78, 5) is 38.3. The number of carbonyl (C=O) groups excluding carboxylic acids is 2. The maximum absolute atomic E-state index is 12.3. The molecule has 0 saturated carbocycles. The number of anilines is 5. The molecule has 1 heterocycles. The number of esters is 2. The molecule has 0 fully saturated rings. The molecule has 12 nitrogen and oxygen atoms in total. The van der Waals surface area contributed by atoms with Gasteiger partial charge in [0.2, 0.25) is 17.8 Å². The van der Waals surface area contributed by atoms with Crippen LogP contribution in [0.15, 0.2) is 48.5 Å². The van der Waals surface area contributed by atoms with Gasteiger partial charge in [-0.05, 0) is 81.6 Å². The third-order valence-corrected chi connectivity index (χ3v) is 9.06. The topological polar surface area (TPSA) is 146 Å². The molecule has 1 aromatic heterocycles. The van der Waals surface area contributed by atoms with Crippen LogP contribution < -0.4 is 16.0 Å². The Bertz CT molecular complexity index is 1270. The van der Waals surface area contributed by atoms with Gasteiger partial charge in [-0.15, -0.1) is 0 Å². The lowest BCUT2D eigenvalue weighted by molar-refractivity contribution is 0.0490. The summed E-state index contributed by atoms with van der Waals surface area (Å²) in [5, 5.41) is 9.68. The van der Waals surface area contributed by atoms with Gasteiger partial charge in [0.1, 0.15) is 0 Å². The second-order valence-corrected chi connectivity index (χ2v) is 13.1. The van der Waals surface area contributed by atoms with Crippen molar-refractivity contribution in [3.8, 4) is 0 Å². The van der Waals surface area contributed by atoms with E-state index in [1.165, 1.54) is 0 Å². The molecule has 0 amide bonds. The number of hydrogen-bond acceptors (Lipinski definition) is 12. The Morgan fingerprint density at radius 3 is 1.50 bits per heavy atom. The summed E-state index contributed by atoms with van der Waals surface area (Å²) in [6, 6.07) is 13.9. The Kier molecular flexibility index (Phi) is 15.5. The van der Waals surface area contributed by atoms with Crippen LogP contribution in [0.2, 0.25) is 0 Å². The maximum Gasteiger partial charge on any atom is 0.338 e. The minimum atomic E-state index is -1.61. The normalized spacial score (nSPS) is 11.5. The third-order valence-electron chi connectivity index (χ3n) is 6.56. The van der Waals surface area contributed by atoms with Gasteiger partial charge in [0.15, 0.2) is 0 Å². The number of aromatic nitrogens is 3. The number of ether oxygens (including phenoxy) is 2. The molecule has 0 unspecified atom stereocenters. The molecular formula is C33H48N6O6S. The van der Waals surface area contributed by atoms with Gasteiger partial charge in [-0.25, -0.2) is 9.59 Å². The molecule has 3 aromatic rings. The average molecular weight is 657 g/mol. The first kappa shape index (κ1) is 36.5. The van der Waals surface area contributed by atoms with E-state index in [9.17, 15) is 9.59 Å². The maximum atomic E-state index is 12.3. The van der Waals surface area contributed by atoms with Crippen LogP contribution in [0.3, 0.4) is 0 Å². The zero-order valence-corrected chi connectivity index (χ0v) is 28.4. The third kappa shape index (κ3) is 12.5. The van der Waals surface area contributed by atoms with Crippen molar-refractivity contribution in [2.45, 2.75) is 59.8 Å². The van der Waals surface area contributed by atoms with E-state index in [-0.39, 0.29) is 11.9 Å². The molecule has 0 spiro atoms. The largest absolute Gasteiger partial charge is 0.462 e. The smallest absolute Gasteiger partial charge is 0.338 e. The van der Waals surface area contributed by atoms with Gasteiger partial charge < -0.3 is 25.4 Å². The predicted molar refractivity (Wildman–Crippen MR) is 184 cm³/mol. The van der Waals surface area contributed by atoms with Crippen molar-refractivity contribution >= 4 is 51.7 Å². The number of nitrogens with one attached hydrogen (secondary N) is 3. The summed E-state index contributed by atoms with van der Waals surface area (Å²) >= 11 is 0. The molecular weight excluding hydrogens is 608 g/mol. The van der Waals surface area contributed by atoms with E-state index in [0.717, 1.165) is 37.9 Å². The Morgan fingerprint density at radius 2 is 1.09 bits per heavy atom. The Balaban J connectivity index is 1.74. The van der Waals surface area contributed by atoms with Crippen LogP contribution in [0.1, 0.15) is 80.5 Å². The van der Waals surface area contributed by atoms with E-state index < -0.39 is 10.6 Å². The zero-order chi connectivity index (χ0) is 33.2. The second kappa shape index (κ2) is 19.5. The summed E-state index contributed by atoms with van der Waals surface area (Å²) in [7, 11) is -1.61. The lowest BCUT2D eigenvalue weighted by Gasteiger charge is -2.39. The fourth-order valence-electron chi connectivity index (χ4n) is 4.17. The predicted octanol–water partition coefficient (Wildman–Crippen LogP) is 7.41. The number of rotatable bonds is 21. The summed E-state index contributed by atoms with van der Waals surface area (Å²) in [6.45, 7) is 10.6. The molecule has 13 heteroatoms. The number of hydrogen-bond donors (Lipinski definition) is 3. The second-order valence-electron chi connectivity index (χ2n) is 10.4. The molecule has 46 heavy (non-hydrogen) atoms. The van der Waals surface area contributed by atoms with Crippen LogP contribution in [0.4, 0.5) is 29.2 Å². The van der Waals surface area contributed by atoms with Gasteiger partial charge in [0.25, 0.3) is 0 Å². The highest BCUT2D eigenvalue weighted by Gasteiger charge is 2.15. The average Bonchev–Trinajstić information content (AvgIpc) is 3.04. The van der Waals surface area contributed by atoms with Gasteiger partial charge in [0, 0.05) is 29.9 Å². The van der Waals surface area contributed by atoms with Gasteiger partial charge in [-0.1, -0.05) is 26.7 Å². The molecule has 3 rings (SSSR count). The summed E-state index contributed by atoms with van der Waals surface area (Å²) in [5.41, 5.74) is 2.31. The van der Waals surface area contributed by atoms with E-state index in [0.29, 0.717) is 73.3 Å². The lowest BCUT2D eigenvalue weighted by Crippen LogP contribution is -2.16. The fourth-order valence-corrected chi connectivity index (χ4v) is 6.14.